The highest BCUT2D eigenvalue weighted by Crippen LogP contribution is 2.44. The Labute approximate surface area is 222 Å². The van der Waals surface area contributed by atoms with E-state index in [0.717, 1.165) is 58.2 Å². The molecule has 1 aromatic heterocycles. The van der Waals surface area contributed by atoms with Crippen molar-refractivity contribution in [3.05, 3.63) is 96.6 Å². The van der Waals surface area contributed by atoms with Gasteiger partial charge in [-0.1, -0.05) is 62.0 Å². The molecule has 1 fully saturated rings. The molecule has 4 nitrogen and oxygen atoms in total. The minimum atomic E-state index is -0.194. The Balaban J connectivity index is 1.54. The van der Waals surface area contributed by atoms with Crippen LogP contribution in [0.2, 0.25) is 5.02 Å². The lowest BCUT2D eigenvalue weighted by Crippen LogP contribution is -2.51. The maximum Gasteiger partial charge on any atom is 0.237 e. The van der Waals surface area contributed by atoms with Crippen LogP contribution in [-0.2, 0) is 24.2 Å². The second-order valence-corrected chi connectivity index (χ2v) is 11.2. The molecule has 0 radical (unpaired) electrons. The number of rotatable bonds is 4. The molecule has 1 N–H and O–H groups in total. The fourth-order valence-corrected chi connectivity index (χ4v) is 6.83. The number of pyridine rings is 1. The van der Waals surface area contributed by atoms with Gasteiger partial charge in [-0.25, -0.2) is 0 Å². The van der Waals surface area contributed by atoms with Gasteiger partial charge in [0.2, 0.25) is 5.91 Å². The summed E-state index contributed by atoms with van der Waals surface area (Å²) in [7, 11) is 0. The van der Waals surface area contributed by atoms with Gasteiger partial charge in [-0.2, -0.15) is 0 Å². The molecule has 1 amide bonds. The van der Waals surface area contributed by atoms with Crippen molar-refractivity contribution in [3.63, 3.8) is 0 Å². The number of piperidine rings is 1. The predicted molar refractivity (Wildman–Crippen MR) is 143 cm³/mol. The number of aryl methyl sites for hydroxylation is 2. The first-order chi connectivity index (χ1) is 16.5. The topological polar surface area (TPSA) is 45.2 Å². The summed E-state index contributed by atoms with van der Waals surface area (Å²) in [5.74, 6) is 0.0816. The van der Waals surface area contributed by atoms with E-state index in [9.17, 15) is 4.79 Å². The number of hydrogen-bond donors (Lipinski definition) is 1. The van der Waals surface area contributed by atoms with Crippen LogP contribution < -0.4 is 5.32 Å². The van der Waals surface area contributed by atoms with Crippen LogP contribution in [0.15, 0.2) is 63.8 Å². The molecule has 3 aromatic rings. The van der Waals surface area contributed by atoms with Crippen molar-refractivity contribution < 1.29 is 4.79 Å². The lowest BCUT2D eigenvalue weighted by Gasteiger charge is -2.41. The largest absolute Gasteiger partial charge is 0.351 e. The lowest BCUT2D eigenvalue weighted by atomic mass is 9.89. The quantitative estimate of drug-likeness (QED) is 0.365. The summed E-state index contributed by atoms with van der Waals surface area (Å²) < 4.78 is 2.09. The smallest absolute Gasteiger partial charge is 0.237 e. The molecular weight excluding hydrogens is 578 g/mol. The van der Waals surface area contributed by atoms with Crippen LogP contribution in [0.25, 0.3) is 0 Å². The fraction of sp³-hybridized carbons (Fsp3) is 0.333. The molecule has 7 heteroatoms. The van der Waals surface area contributed by atoms with Crippen molar-refractivity contribution in [2.24, 2.45) is 0 Å². The molecule has 2 atom stereocenters. The van der Waals surface area contributed by atoms with E-state index in [0.29, 0.717) is 6.54 Å². The van der Waals surface area contributed by atoms with Crippen molar-refractivity contribution in [2.45, 2.75) is 50.7 Å². The summed E-state index contributed by atoms with van der Waals surface area (Å²) in [6.07, 6.45) is 8.39. The molecule has 2 heterocycles. The van der Waals surface area contributed by atoms with Crippen molar-refractivity contribution in [3.8, 4) is 0 Å². The summed E-state index contributed by atoms with van der Waals surface area (Å²) >= 11 is 14.0. The third-order valence-electron chi connectivity index (χ3n) is 6.88. The molecule has 1 aliphatic heterocycles. The number of halogens is 3. The molecular formula is C27H26Br2ClN3O. The first-order valence-electron chi connectivity index (χ1n) is 11.7. The monoisotopic (exact) mass is 601 g/mol. The van der Waals surface area contributed by atoms with Crippen LogP contribution in [0.3, 0.4) is 0 Å². The number of aromatic nitrogens is 1. The van der Waals surface area contributed by atoms with E-state index in [1.165, 1.54) is 22.3 Å². The molecule has 176 valence electrons. The van der Waals surface area contributed by atoms with Crippen LogP contribution in [0.5, 0.6) is 0 Å². The highest BCUT2D eigenvalue weighted by Gasteiger charge is 2.38. The van der Waals surface area contributed by atoms with Gasteiger partial charge in [0.25, 0.3) is 0 Å². The van der Waals surface area contributed by atoms with Gasteiger partial charge >= 0.3 is 0 Å². The highest BCUT2D eigenvalue weighted by molar-refractivity contribution is 9.10. The zero-order valence-electron chi connectivity index (χ0n) is 18.7. The Morgan fingerprint density at radius 3 is 2.79 bits per heavy atom. The zero-order chi connectivity index (χ0) is 23.7. The molecule has 2 aliphatic rings. The highest BCUT2D eigenvalue weighted by atomic mass is 79.9. The third-order valence-corrected chi connectivity index (χ3v) is 8.25. The number of amides is 1. The average molecular weight is 604 g/mol. The summed E-state index contributed by atoms with van der Waals surface area (Å²) in [5, 5.41) is 3.91. The molecule has 1 aliphatic carbocycles. The first-order valence-corrected chi connectivity index (χ1v) is 13.7. The molecule has 1 unspecified atom stereocenters. The fourth-order valence-electron chi connectivity index (χ4n) is 5.33. The number of benzene rings is 2. The van der Waals surface area contributed by atoms with Crippen molar-refractivity contribution >= 4 is 49.4 Å². The van der Waals surface area contributed by atoms with Crippen molar-refractivity contribution in [2.75, 3.05) is 6.54 Å². The Kier molecular flexibility index (Phi) is 7.40. The Hall–Kier alpha value is -1.73. The van der Waals surface area contributed by atoms with Gasteiger partial charge < -0.3 is 5.32 Å². The number of carbonyl (C=O) groups excluding carboxylic acids is 1. The summed E-state index contributed by atoms with van der Waals surface area (Å²) in [5.41, 5.74) is 6.08. The van der Waals surface area contributed by atoms with E-state index in [2.05, 4.69) is 71.3 Å². The molecule has 0 bridgehead atoms. The second kappa shape index (κ2) is 10.5. The lowest BCUT2D eigenvalue weighted by molar-refractivity contribution is -0.128. The molecule has 34 heavy (non-hydrogen) atoms. The Bertz CT molecular complexity index is 1200. The number of carbonyl (C=O) groups is 1. The van der Waals surface area contributed by atoms with Crippen LogP contribution >= 0.6 is 43.5 Å². The summed E-state index contributed by atoms with van der Waals surface area (Å²) in [4.78, 5) is 20.1. The van der Waals surface area contributed by atoms with Crippen LogP contribution in [0.1, 0.15) is 53.1 Å². The van der Waals surface area contributed by atoms with Gasteiger partial charge in [0.1, 0.15) is 0 Å². The third kappa shape index (κ3) is 4.97. The van der Waals surface area contributed by atoms with Crippen LogP contribution in [-0.4, -0.2) is 28.4 Å². The maximum atomic E-state index is 13.5. The van der Waals surface area contributed by atoms with E-state index in [1.54, 1.807) is 12.4 Å². The van der Waals surface area contributed by atoms with E-state index in [4.69, 9.17) is 11.6 Å². The second-order valence-electron chi connectivity index (χ2n) is 9.03. The summed E-state index contributed by atoms with van der Waals surface area (Å²) in [6.45, 7) is 1.36. The maximum absolute atomic E-state index is 13.5. The predicted octanol–water partition coefficient (Wildman–Crippen LogP) is 6.62. The van der Waals surface area contributed by atoms with E-state index in [-0.39, 0.29) is 18.0 Å². The van der Waals surface area contributed by atoms with Gasteiger partial charge in [0, 0.05) is 32.9 Å². The van der Waals surface area contributed by atoms with E-state index in [1.807, 2.05) is 18.2 Å². The Morgan fingerprint density at radius 2 is 1.97 bits per heavy atom. The molecule has 5 rings (SSSR count). The molecule has 1 saturated heterocycles. The number of nitrogens with one attached hydrogen (secondary N) is 1. The van der Waals surface area contributed by atoms with Gasteiger partial charge in [0.15, 0.2) is 0 Å². The van der Waals surface area contributed by atoms with Crippen molar-refractivity contribution in [1.82, 2.24) is 15.2 Å². The van der Waals surface area contributed by atoms with Gasteiger partial charge in [-0.05, 0) is 90.4 Å². The molecule has 0 spiro atoms. The average Bonchev–Trinajstić information content (AvgIpc) is 3.00. The number of hydrogen-bond acceptors (Lipinski definition) is 3. The van der Waals surface area contributed by atoms with E-state index < -0.39 is 0 Å². The normalized spacial score (nSPS) is 20.2. The minimum absolute atomic E-state index is 0.0123. The van der Waals surface area contributed by atoms with Gasteiger partial charge in [-0.15, -0.1) is 0 Å². The summed E-state index contributed by atoms with van der Waals surface area (Å²) in [6, 6.07) is 14.3. The van der Waals surface area contributed by atoms with Crippen LogP contribution in [0, 0.1) is 0 Å². The van der Waals surface area contributed by atoms with Gasteiger partial charge in [-0.3, -0.25) is 14.7 Å². The van der Waals surface area contributed by atoms with E-state index >= 15 is 0 Å². The van der Waals surface area contributed by atoms with Crippen molar-refractivity contribution in [1.29, 1.82) is 0 Å². The first kappa shape index (κ1) is 24.0. The Morgan fingerprint density at radius 1 is 1.12 bits per heavy atom. The standard InChI is InChI=1S/C27H26Br2ClN3O/c28-20-8-9-22-18(12-20)6-7-19-13-21(30)14-23(29)25(19)26(22)33-11-2-1-5-24(33)27(34)32-16-17-4-3-10-31-15-17/h3-4,8-10,12-15,24,26H,1-2,5-7,11,16H2,(H,32,34)/t24-,26?/m0/s1. The van der Waals surface area contributed by atoms with Crippen LogP contribution in [0.4, 0.5) is 0 Å². The zero-order valence-corrected chi connectivity index (χ0v) is 22.7. The minimum Gasteiger partial charge on any atom is -0.351 e. The number of fused-ring (bicyclic) bond motifs is 2. The SMILES string of the molecule is O=C(NCc1cccnc1)[C@@H]1CCCCN1C1c2ccc(Br)cc2CCc2cc(Cl)cc(Br)c21. The molecule has 0 saturated carbocycles. The van der Waals surface area contributed by atoms with Gasteiger partial charge in [0.05, 0.1) is 12.1 Å². The number of likely N-dealkylation sites (tertiary alicyclic amines) is 1. The molecule has 2 aromatic carbocycles. The number of nitrogens with zero attached hydrogens (tertiary/aromatic N) is 2.